The van der Waals surface area contributed by atoms with Gasteiger partial charge in [0, 0.05) is 0 Å². The maximum absolute atomic E-state index is 11.4. The Bertz CT molecular complexity index is 830. The average molecular weight is 401 g/mol. The molecular formula is C9H9BrN2O7S2. The Morgan fingerprint density at radius 1 is 1.14 bits per heavy atom. The number of nitrogens with two attached hydrogens (primary N) is 1. The fraction of sp³-hybridized carbons (Fsp3) is 0. The SMILES string of the molecule is C=C(Br)C(=O)Nc1cc(N)c(S(=O)(=O)O)cc1S(=O)(=O)O. The van der Waals surface area contributed by atoms with Gasteiger partial charge in [-0.05, 0) is 28.1 Å². The van der Waals surface area contributed by atoms with Gasteiger partial charge in [-0.3, -0.25) is 13.9 Å². The lowest BCUT2D eigenvalue weighted by molar-refractivity contribution is -0.112. The minimum atomic E-state index is -4.90. The Balaban J connectivity index is 3.63. The van der Waals surface area contributed by atoms with Gasteiger partial charge in [-0.25, -0.2) is 0 Å². The van der Waals surface area contributed by atoms with Gasteiger partial charge in [-0.2, -0.15) is 16.8 Å². The number of amides is 1. The third-order valence-corrected chi connectivity index (χ3v) is 4.33. The minimum absolute atomic E-state index is 0.152. The number of nitrogen functional groups attached to an aromatic ring is 1. The molecule has 0 bridgehead atoms. The standard InChI is InChI=1S/C9H9BrN2O7S2/c1-4(10)9(13)12-6-2-5(11)7(20(14,15)16)3-8(6)21(17,18)19/h2-3H,1,11H2,(H,12,13)(H,14,15,16)(H,17,18,19). The predicted octanol–water partition coefficient (Wildman–Crippen LogP) is 0.609. The van der Waals surface area contributed by atoms with E-state index in [0.29, 0.717) is 6.07 Å². The second-order valence-corrected chi connectivity index (χ2v) is 7.43. The molecule has 12 heteroatoms. The first-order valence-electron chi connectivity index (χ1n) is 4.88. The number of hydrogen-bond donors (Lipinski definition) is 4. The number of carbonyl (C=O) groups excluding carboxylic acids is 1. The molecule has 116 valence electrons. The number of nitrogens with one attached hydrogen (secondary N) is 1. The normalized spacial score (nSPS) is 12.0. The maximum atomic E-state index is 11.4. The van der Waals surface area contributed by atoms with E-state index in [-0.39, 0.29) is 4.48 Å². The minimum Gasteiger partial charge on any atom is -0.398 e. The summed E-state index contributed by atoms with van der Waals surface area (Å²) in [4.78, 5) is 9.56. The highest BCUT2D eigenvalue weighted by Gasteiger charge is 2.24. The number of anilines is 2. The van der Waals surface area contributed by atoms with E-state index in [9.17, 15) is 21.6 Å². The van der Waals surface area contributed by atoms with Crippen molar-refractivity contribution in [2.24, 2.45) is 0 Å². The largest absolute Gasteiger partial charge is 0.398 e. The van der Waals surface area contributed by atoms with Crippen LogP contribution in [-0.2, 0) is 25.0 Å². The summed E-state index contributed by atoms with van der Waals surface area (Å²) >= 11 is 2.75. The topological polar surface area (TPSA) is 164 Å². The Morgan fingerprint density at radius 2 is 1.62 bits per heavy atom. The van der Waals surface area contributed by atoms with Crippen molar-refractivity contribution in [3.05, 3.63) is 23.2 Å². The van der Waals surface area contributed by atoms with E-state index >= 15 is 0 Å². The van der Waals surface area contributed by atoms with Crippen molar-refractivity contribution < 1.29 is 30.7 Å². The molecular weight excluding hydrogens is 392 g/mol. The molecule has 0 unspecified atom stereocenters. The van der Waals surface area contributed by atoms with Crippen LogP contribution in [0.2, 0.25) is 0 Å². The zero-order chi connectivity index (χ0) is 16.6. The lowest BCUT2D eigenvalue weighted by Gasteiger charge is -2.12. The molecule has 0 fully saturated rings. The zero-order valence-electron chi connectivity index (χ0n) is 10.1. The van der Waals surface area contributed by atoms with Crippen LogP contribution in [0.15, 0.2) is 33.0 Å². The molecule has 0 atom stereocenters. The molecule has 0 saturated carbocycles. The zero-order valence-corrected chi connectivity index (χ0v) is 13.3. The monoisotopic (exact) mass is 400 g/mol. The van der Waals surface area contributed by atoms with Crippen molar-refractivity contribution in [2.45, 2.75) is 9.79 Å². The number of hydrogen-bond acceptors (Lipinski definition) is 6. The molecule has 0 aliphatic heterocycles. The van der Waals surface area contributed by atoms with Crippen LogP contribution in [0.5, 0.6) is 0 Å². The highest BCUT2D eigenvalue weighted by atomic mass is 79.9. The van der Waals surface area contributed by atoms with Crippen molar-refractivity contribution in [3.63, 3.8) is 0 Å². The van der Waals surface area contributed by atoms with Crippen LogP contribution >= 0.6 is 15.9 Å². The van der Waals surface area contributed by atoms with Crippen LogP contribution in [0.4, 0.5) is 11.4 Å². The van der Waals surface area contributed by atoms with Gasteiger partial charge in [0.15, 0.2) is 0 Å². The summed E-state index contributed by atoms with van der Waals surface area (Å²) in [7, 11) is -9.71. The van der Waals surface area contributed by atoms with E-state index in [4.69, 9.17) is 14.8 Å². The van der Waals surface area contributed by atoms with E-state index < -0.39 is 47.3 Å². The summed E-state index contributed by atoms with van der Waals surface area (Å²) in [6.07, 6.45) is 0. The third kappa shape index (κ3) is 4.25. The summed E-state index contributed by atoms with van der Waals surface area (Å²) in [5, 5.41) is 2.06. The molecule has 1 rings (SSSR count). The maximum Gasteiger partial charge on any atom is 0.296 e. The molecule has 21 heavy (non-hydrogen) atoms. The van der Waals surface area contributed by atoms with Crippen LogP contribution in [0.1, 0.15) is 0 Å². The summed E-state index contributed by atoms with van der Waals surface area (Å²) in [6.45, 7) is 3.25. The summed E-state index contributed by atoms with van der Waals surface area (Å²) in [6, 6.07) is 1.19. The highest BCUT2D eigenvalue weighted by Crippen LogP contribution is 2.30. The van der Waals surface area contributed by atoms with Crippen LogP contribution in [-0.4, -0.2) is 31.8 Å². The second-order valence-electron chi connectivity index (χ2n) is 3.70. The van der Waals surface area contributed by atoms with Crippen LogP contribution in [0.3, 0.4) is 0 Å². The van der Waals surface area contributed by atoms with Crippen molar-refractivity contribution in [3.8, 4) is 0 Å². The van der Waals surface area contributed by atoms with Crippen LogP contribution in [0, 0.1) is 0 Å². The Morgan fingerprint density at radius 3 is 2.00 bits per heavy atom. The predicted molar refractivity (Wildman–Crippen MR) is 77.2 cm³/mol. The molecule has 0 radical (unpaired) electrons. The molecule has 0 aromatic heterocycles. The number of carbonyl (C=O) groups is 1. The van der Waals surface area contributed by atoms with Gasteiger partial charge in [-0.15, -0.1) is 0 Å². The molecule has 0 spiro atoms. The van der Waals surface area contributed by atoms with Crippen LogP contribution in [0.25, 0.3) is 0 Å². The fourth-order valence-electron chi connectivity index (χ4n) is 1.30. The fourth-order valence-corrected chi connectivity index (χ4v) is 2.75. The lowest BCUT2D eigenvalue weighted by Crippen LogP contribution is -2.15. The molecule has 1 aromatic carbocycles. The third-order valence-electron chi connectivity index (χ3n) is 2.16. The van der Waals surface area contributed by atoms with E-state index in [1.54, 1.807) is 0 Å². The second kappa shape index (κ2) is 5.73. The van der Waals surface area contributed by atoms with Crippen LogP contribution < -0.4 is 11.1 Å². The molecule has 0 aliphatic carbocycles. The van der Waals surface area contributed by atoms with E-state index in [1.807, 2.05) is 0 Å². The summed E-state index contributed by atoms with van der Waals surface area (Å²) in [5.74, 6) is -0.848. The molecule has 0 aliphatic rings. The molecule has 9 nitrogen and oxygen atoms in total. The highest BCUT2D eigenvalue weighted by molar-refractivity contribution is 9.12. The first-order valence-corrected chi connectivity index (χ1v) is 8.55. The molecule has 0 saturated heterocycles. The first-order chi connectivity index (χ1) is 9.34. The Hall–Kier alpha value is -1.47. The first kappa shape index (κ1) is 17.6. The van der Waals surface area contributed by atoms with Crippen molar-refractivity contribution in [2.75, 3.05) is 11.1 Å². The lowest BCUT2D eigenvalue weighted by atomic mass is 10.2. The van der Waals surface area contributed by atoms with Gasteiger partial charge >= 0.3 is 0 Å². The smallest absolute Gasteiger partial charge is 0.296 e. The van der Waals surface area contributed by atoms with Crippen molar-refractivity contribution >= 4 is 53.4 Å². The summed E-state index contributed by atoms with van der Waals surface area (Å²) < 4.78 is 62.5. The number of rotatable bonds is 4. The van der Waals surface area contributed by atoms with E-state index in [2.05, 4.69) is 27.8 Å². The quantitative estimate of drug-likeness (QED) is 0.324. The van der Waals surface area contributed by atoms with E-state index in [1.165, 1.54) is 0 Å². The van der Waals surface area contributed by atoms with Crippen molar-refractivity contribution in [1.82, 2.24) is 0 Å². The molecule has 1 aromatic rings. The summed E-state index contributed by atoms with van der Waals surface area (Å²) in [5.41, 5.74) is 4.36. The van der Waals surface area contributed by atoms with Gasteiger partial charge in [0.1, 0.15) is 9.79 Å². The van der Waals surface area contributed by atoms with Gasteiger partial charge in [-0.1, -0.05) is 6.58 Å². The Kier molecular flexibility index (Phi) is 4.80. The number of benzene rings is 1. The Labute approximate surface area is 128 Å². The van der Waals surface area contributed by atoms with Crippen molar-refractivity contribution in [1.29, 1.82) is 0 Å². The molecule has 1 amide bonds. The van der Waals surface area contributed by atoms with Gasteiger partial charge in [0.05, 0.1) is 15.9 Å². The van der Waals surface area contributed by atoms with Gasteiger partial charge in [0.25, 0.3) is 26.1 Å². The van der Waals surface area contributed by atoms with Gasteiger partial charge in [0.2, 0.25) is 0 Å². The van der Waals surface area contributed by atoms with Gasteiger partial charge < -0.3 is 11.1 Å². The molecule has 5 N–H and O–H groups in total. The number of halogens is 1. The van der Waals surface area contributed by atoms with E-state index in [0.717, 1.165) is 6.07 Å². The average Bonchev–Trinajstić information content (AvgIpc) is 2.25. The molecule has 0 heterocycles.